The van der Waals surface area contributed by atoms with Gasteiger partial charge >= 0.3 is 0 Å². The molecule has 0 radical (unpaired) electrons. The normalized spacial score (nSPS) is 14.3. The summed E-state index contributed by atoms with van der Waals surface area (Å²) in [5.74, 6) is 1.21. The maximum Gasteiger partial charge on any atom is 0.254 e. The number of anilines is 1. The van der Waals surface area contributed by atoms with E-state index in [0.29, 0.717) is 30.2 Å². The maximum atomic E-state index is 12.9. The number of hydrogen-bond acceptors (Lipinski definition) is 4. The van der Waals surface area contributed by atoms with Gasteiger partial charge in [-0.15, -0.1) is 0 Å². The molecule has 1 aliphatic heterocycles. The summed E-state index contributed by atoms with van der Waals surface area (Å²) in [5, 5.41) is 0.768. The highest BCUT2D eigenvalue weighted by atomic mass is 35.5. The van der Waals surface area contributed by atoms with Gasteiger partial charge in [-0.1, -0.05) is 17.7 Å². The quantitative estimate of drug-likeness (QED) is 0.819. The summed E-state index contributed by atoms with van der Waals surface area (Å²) in [6.07, 6.45) is 0. The van der Waals surface area contributed by atoms with Crippen LogP contribution in [0.1, 0.15) is 15.9 Å². The maximum absolute atomic E-state index is 12.9. The molecule has 0 unspecified atom stereocenters. The van der Waals surface area contributed by atoms with E-state index in [1.54, 1.807) is 32.4 Å². The second kappa shape index (κ2) is 7.87. The first-order valence-corrected chi connectivity index (χ1v) is 8.93. The first kappa shape index (κ1) is 18.4. The van der Waals surface area contributed by atoms with E-state index in [0.717, 1.165) is 29.4 Å². The lowest BCUT2D eigenvalue weighted by molar-refractivity contribution is 0.0746. The van der Waals surface area contributed by atoms with Gasteiger partial charge in [0.15, 0.2) is 0 Å². The molecule has 0 N–H and O–H groups in total. The predicted molar refractivity (Wildman–Crippen MR) is 104 cm³/mol. The molecule has 0 saturated carbocycles. The Kier molecular flexibility index (Phi) is 5.57. The fourth-order valence-electron chi connectivity index (χ4n) is 3.06. The van der Waals surface area contributed by atoms with Crippen LogP contribution in [0, 0.1) is 6.92 Å². The lowest BCUT2D eigenvalue weighted by Crippen LogP contribution is -2.48. The van der Waals surface area contributed by atoms with Crippen molar-refractivity contribution in [2.24, 2.45) is 0 Å². The van der Waals surface area contributed by atoms with E-state index in [1.165, 1.54) is 0 Å². The lowest BCUT2D eigenvalue weighted by Gasteiger charge is -2.36. The van der Waals surface area contributed by atoms with E-state index in [1.807, 2.05) is 24.0 Å². The van der Waals surface area contributed by atoms with Crippen LogP contribution < -0.4 is 14.4 Å². The molecule has 0 bridgehead atoms. The molecule has 5 nitrogen and oxygen atoms in total. The number of nitrogens with zero attached hydrogens (tertiary/aromatic N) is 2. The molecule has 1 saturated heterocycles. The Morgan fingerprint density at radius 3 is 2.12 bits per heavy atom. The van der Waals surface area contributed by atoms with Crippen LogP contribution in [0.25, 0.3) is 0 Å². The molecule has 1 amide bonds. The van der Waals surface area contributed by atoms with Gasteiger partial charge in [0.1, 0.15) is 11.5 Å². The highest BCUT2D eigenvalue weighted by molar-refractivity contribution is 6.31. The van der Waals surface area contributed by atoms with Gasteiger partial charge in [-0.2, -0.15) is 0 Å². The Labute approximate surface area is 159 Å². The minimum Gasteiger partial charge on any atom is -0.497 e. The Bertz CT molecular complexity index is 779. The topological polar surface area (TPSA) is 42.0 Å². The molecule has 3 rings (SSSR count). The van der Waals surface area contributed by atoms with Crippen molar-refractivity contribution >= 4 is 23.2 Å². The van der Waals surface area contributed by atoms with Gasteiger partial charge in [-0.3, -0.25) is 4.79 Å². The van der Waals surface area contributed by atoms with Gasteiger partial charge in [-0.25, -0.2) is 0 Å². The van der Waals surface area contributed by atoms with Crippen molar-refractivity contribution in [3.63, 3.8) is 0 Å². The number of rotatable bonds is 4. The fraction of sp³-hybridized carbons (Fsp3) is 0.350. The summed E-state index contributed by atoms with van der Waals surface area (Å²) in [4.78, 5) is 17.0. The standard InChI is InChI=1S/C20H23ClN2O3/c1-14-4-5-16(12-19(14)21)22-6-8-23(9-7-22)20(24)15-10-17(25-2)13-18(11-15)26-3/h4-5,10-13H,6-9H2,1-3H3. The summed E-state index contributed by atoms with van der Waals surface area (Å²) in [7, 11) is 3.16. The molecule has 2 aromatic carbocycles. The second-order valence-electron chi connectivity index (χ2n) is 6.31. The van der Waals surface area contributed by atoms with Gasteiger partial charge in [0, 0.05) is 48.5 Å². The summed E-state index contributed by atoms with van der Waals surface area (Å²) in [6.45, 7) is 4.84. The summed E-state index contributed by atoms with van der Waals surface area (Å²) in [6, 6.07) is 11.3. The average molecular weight is 375 g/mol. The third-order valence-electron chi connectivity index (χ3n) is 4.69. The number of aryl methyl sites for hydroxylation is 1. The molecule has 0 aliphatic carbocycles. The molecule has 1 aliphatic rings. The molecular formula is C20H23ClN2O3. The monoisotopic (exact) mass is 374 g/mol. The number of ether oxygens (including phenoxy) is 2. The smallest absolute Gasteiger partial charge is 0.254 e. The van der Waals surface area contributed by atoms with Gasteiger partial charge in [-0.05, 0) is 36.8 Å². The Morgan fingerprint density at radius 2 is 1.58 bits per heavy atom. The second-order valence-corrected chi connectivity index (χ2v) is 6.72. The fourth-order valence-corrected chi connectivity index (χ4v) is 3.23. The third kappa shape index (κ3) is 3.88. The van der Waals surface area contributed by atoms with E-state index in [2.05, 4.69) is 11.0 Å². The molecule has 6 heteroatoms. The van der Waals surface area contributed by atoms with Crippen molar-refractivity contribution in [3.05, 3.63) is 52.5 Å². The molecule has 0 aromatic heterocycles. The molecule has 0 atom stereocenters. The van der Waals surface area contributed by atoms with E-state index in [9.17, 15) is 4.79 Å². The van der Waals surface area contributed by atoms with Crippen LogP contribution in [-0.4, -0.2) is 51.2 Å². The molecule has 26 heavy (non-hydrogen) atoms. The number of benzene rings is 2. The minimum absolute atomic E-state index is 0.0104. The van der Waals surface area contributed by atoms with E-state index in [-0.39, 0.29) is 5.91 Å². The highest BCUT2D eigenvalue weighted by Gasteiger charge is 2.23. The highest BCUT2D eigenvalue weighted by Crippen LogP contribution is 2.26. The average Bonchev–Trinajstić information content (AvgIpc) is 2.69. The van der Waals surface area contributed by atoms with E-state index >= 15 is 0 Å². The summed E-state index contributed by atoms with van der Waals surface area (Å²) >= 11 is 6.23. The van der Waals surface area contributed by atoms with Crippen molar-refractivity contribution < 1.29 is 14.3 Å². The van der Waals surface area contributed by atoms with Crippen molar-refractivity contribution in [2.45, 2.75) is 6.92 Å². The molecule has 1 heterocycles. The zero-order valence-corrected chi connectivity index (χ0v) is 16.0. The van der Waals surface area contributed by atoms with Crippen LogP contribution in [0.3, 0.4) is 0 Å². The van der Waals surface area contributed by atoms with Crippen molar-refractivity contribution in [1.82, 2.24) is 4.90 Å². The minimum atomic E-state index is -0.0104. The number of hydrogen-bond donors (Lipinski definition) is 0. The van der Waals surface area contributed by atoms with Crippen LogP contribution >= 0.6 is 11.6 Å². The number of amides is 1. The number of halogens is 1. The van der Waals surface area contributed by atoms with Crippen molar-refractivity contribution in [3.8, 4) is 11.5 Å². The van der Waals surface area contributed by atoms with E-state index < -0.39 is 0 Å². The molecule has 1 fully saturated rings. The summed E-state index contributed by atoms with van der Waals surface area (Å²) < 4.78 is 10.5. The number of carbonyl (C=O) groups is 1. The van der Waals surface area contributed by atoms with Crippen LogP contribution in [0.4, 0.5) is 5.69 Å². The van der Waals surface area contributed by atoms with Crippen LogP contribution in [-0.2, 0) is 0 Å². The van der Waals surface area contributed by atoms with Gasteiger partial charge in [0.2, 0.25) is 0 Å². The Morgan fingerprint density at radius 1 is 0.962 bits per heavy atom. The van der Waals surface area contributed by atoms with Crippen LogP contribution in [0.5, 0.6) is 11.5 Å². The molecule has 2 aromatic rings. The first-order valence-electron chi connectivity index (χ1n) is 8.55. The van der Waals surface area contributed by atoms with Gasteiger partial charge in [0.25, 0.3) is 5.91 Å². The van der Waals surface area contributed by atoms with E-state index in [4.69, 9.17) is 21.1 Å². The first-order chi connectivity index (χ1) is 12.5. The third-order valence-corrected chi connectivity index (χ3v) is 5.09. The van der Waals surface area contributed by atoms with Crippen molar-refractivity contribution in [1.29, 1.82) is 0 Å². The Balaban J connectivity index is 1.69. The number of methoxy groups -OCH3 is 2. The number of piperazine rings is 1. The van der Waals surface area contributed by atoms with Gasteiger partial charge in [0.05, 0.1) is 14.2 Å². The van der Waals surface area contributed by atoms with Crippen LogP contribution in [0.15, 0.2) is 36.4 Å². The molecule has 0 spiro atoms. The van der Waals surface area contributed by atoms with Gasteiger partial charge < -0.3 is 19.3 Å². The zero-order chi connectivity index (χ0) is 18.7. The number of carbonyl (C=O) groups excluding carboxylic acids is 1. The Hall–Kier alpha value is -2.40. The summed E-state index contributed by atoms with van der Waals surface area (Å²) in [5.41, 5.74) is 2.74. The molecule has 138 valence electrons. The zero-order valence-electron chi connectivity index (χ0n) is 15.3. The van der Waals surface area contributed by atoms with Crippen molar-refractivity contribution in [2.75, 3.05) is 45.3 Å². The largest absolute Gasteiger partial charge is 0.497 e. The molecular weight excluding hydrogens is 352 g/mol. The van der Waals surface area contributed by atoms with Crippen LogP contribution in [0.2, 0.25) is 5.02 Å². The lowest BCUT2D eigenvalue weighted by atomic mass is 10.1. The predicted octanol–water partition coefficient (Wildman–Crippen LogP) is 3.63. The SMILES string of the molecule is COc1cc(OC)cc(C(=O)N2CCN(c3ccc(C)c(Cl)c3)CC2)c1.